The van der Waals surface area contributed by atoms with Crippen LogP contribution in [0.25, 0.3) is 5.70 Å². The third-order valence-corrected chi connectivity index (χ3v) is 4.81. The number of carbonyl (C=O) groups excluding carboxylic acids is 1. The lowest BCUT2D eigenvalue weighted by atomic mass is 9.91. The third kappa shape index (κ3) is 2.84. The molecule has 0 bridgehead atoms. The summed E-state index contributed by atoms with van der Waals surface area (Å²) in [7, 11) is 2.06. The van der Waals surface area contributed by atoms with Crippen molar-refractivity contribution in [2.24, 2.45) is 5.92 Å². The lowest BCUT2D eigenvalue weighted by Gasteiger charge is -2.43. The number of hydrazine groups is 1. The molecule has 1 aromatic rings. The number of carbonyl (C=O) groups is 1. The summed E-state index contributed by atoms with van der Waals surface area (Å²) in [6.45, 7) is 3.61. The van der Waals surface area contributed by atoms with Crippen LogP contribution in [0.1, 0.15) is 25.3 Å². The second kappa shape index (κ2) is 6.24. The zero-order valence-electron chi connectivity index (χ0n) is 13.5. The van der Waals surface area contributed by atoms with Crippen LogP contribution < -0.4 is 10.9 Å². The molecule has 7 heteroatoms. The average Bonchev–Trinajstić information content (AvgIpc) is 3.03. The number of nitriles is 1. The van der Waals surface area contributed by atoms with Gasteiger partial charge < -0.3 is 20.2 Å². The lowest BCUT2D eigenvalue weighted by Crippen LogP contribution is -2.52. The monoisotopic (exact) mass is 314 g/mol. The zero-order chi connectivity index (χ0) is 16.4. The standard InChI is InChI=1S/C16H22N6O/c1-11-5-8-22(15(23)3-6-17)10-14(11)21(2)13-9-19-20-16-12(13)4-7-18-16/h4,7,9,11,14,18-20H,3,5,8,10H2,1-2H3/t11-,14?/m1/s1. The third-order valence-electron chi connectivity index (χ3n) is 4.81. The van der Waals surface area contributed by atoms with Gasteiger partial charge in [-0.05, 0) is 18.4 Å². The van der Waals surface area contributed by atoms with Crippen LogP contribution in [-0.4, -0.2) is 46.9 Å². The zero-order valence-corrected chi connectivity index (χ0v) is 13.5. The van der Waals surface area contributed by atoms with Crippen LogP contribution in [0.15, 0.2) is 18.5 Å². The van der Waals surface area contributed by atoms with Crippen molar-refractivity contribution in [3.63, 3.8) is 0 Å². The summed E-state index contributed by atoms with van der Waals surface area (Å²) in [6.07, 6.45) is 4.75. The second-order valence-electron chi connectivity index (χ2n) is 6.18. The molecule has 3 rings (SSSR count). The summed E-state index contributed by atoms with van der Waals surface area (Å²) in [4.78, 5) is 19.3. The molecule has 2 aliphatic heterocycles. The highest BCUT2D eigenvalue weighted by Crippen LogP contribution is 2.32. The number of hydrogen-bond donors (Lipinski definition) is 3. The van der Waals surface area contributed by atoms with E-state index in [1.54, 1.807) is 0 Å². The number of rotatable bonds is 3. The molecule has 1 aromatic heterocycles. The summed E-state index contributed by atoms with van der Waals surface area (Å²) in [5.41, 5.74) is 8.33. The number of nitrogens with one attached hydrogen (secondary N) is 3. The van der Waals surface area contributed by atoms with Gasteiger partial charge in [-0.15, -0.1) is 0 Å². The Kier molecular flexibility index (Phi) is 4.15. The molecule has 1 amide bonds. The number of aromatic amines is 1. The average molecular weight is 314 g/mol. The Bertz CT molecular complexity index is 658. The van der Waals surface area contributed by atoms with Crippen molar-refractivity contribution >= 4 is 17.4 Å². The van der Waals surface area contributed by atoms with Gasteiger partial charge in [-0.1, -0.05) is 6.92 Å². The smallest absolute Gasteiger partial charge is 0.236 e. The second-order valence-corrected chi connectivity index (χ2v) is 6.18. The summed E-state index contributed by atoms with van der Waals surface area (Å²) >= 11 is 0. The molecule has 1 fully saturated rings. The van der Waals surface area contributed by atoms with E-state index in [1.165, 1.54) is 0 Å². The molecule has 0 radical (unpaired) electrons. The van der Waals surface area contributed by atoms with Crippen LogP contribution >= 0.6 is 0 Å². The van der Waals surface area contributed by atoms with Crippen molar-refractivity contribution in [1.82, 2.24) is 20.2 Å². The van der Waals surface area contributed by atoms with Gasteiger partial charge in [0.05, 0.1) is 11.8 Å². The van der Waals surface area contributed by atoms with E-state index in [1.807, 2.05) is 29.4 Å². The molecule has 0 saturated carbocycles. The van der Waals surface area contributed by atoms with E-state index in [0.717, 1.165) is 30.0 Å². The van der Waals surface area contributed by atoms with Crippen molar-refractivity contribution in [2.75, 3.05) is 25.6 Å². The fourth-order valence-electron chi connectivity index (χ4n) is 3.37. The fourth-order valence-corrected chi connectivity index (χ4v) is 3.37. The van der Waals surface area contributed by atoms with Crippen molar-refractivity contribution in [1.29, 1.82) is 5.26 Å². The Morgan fingerprint density at radius 3 is 3.17 bits per heavy atom. The van der Waals surface area contributed by atoms with E-state index in [-0.39, 0.29) is 18.4 Å². The Hall–Kier alpha value is -2.62. The number of likely N-dealkylation sites (N-methyl/N-ethyl adjacent to an activating group) is 1. The van der Waals surface area contributed by atoms with Crippen molar-refractivity contribution in [2.45, 2.75) is 25.8 Å². The number of amides is 1. The first-order valence-electron chi connectivity index (χ1n) is 7.89. The molecule has 0 spiro atoms. The highest BCUT2D eigenvalue weighted by Gasteiger charge is 2.33. The van der Waals surface area contributed by atoms with Crippen LogP contribution in [0, 0.1) is 17.2 Å². The van der Waals surface area contributed by atoms with Gasteiger partial charge in [-0.3, -0.25) is 10.2 Å². The molecule has 2 aliphatic rings. The molecule has 1 saturated heterocycles. The van der Waals surface area contributed by atoms with Crippen molar-refractivity contribution < 1.29 is 4.79 Å². The van der Waals surface area contributed by atoms with Gasteiger partial charge in [0.15, 0.2) is 0 Å². The maximum absolute atomic E-state index is 12.0. The fraction of sp³-hybridized carbons (Fsp3) is 0.500. The van der Waals surface area contributed by atoms with E-state index < -0.39 is 0 Å². The highest BCUT2D eigenvalue weighted by molar-refractivity contribution is 5.78. The number of likely N-dealkylation sites (tertiary alicyclic amines) is 1. The quantitative estimate of drug-likeness (QED) is 0.783. The van der Waals surface area contributed by atoms with Gasteiger partial charge in [-0.2, -0.15) is 5.26 Å². The van der Waals surface area contributed by atoms with Gasteiger partial charge in [-0.25, -0.2) is 0 Å². The molecule has 7 nitrogen and oxygen atoms in total. The summed E-state index contributed by atoms with van der Waals surface area (Å²) in [6, 6.07) is 4.22. The first-order chi connectivity index (χ1) is 11.1. The minimum atomic E-state index is -0.0717. The van der Waals surface area contributed by atoms with Gasteiger partial charge in [0.2, 0.25) is 5.91 Å². The van der Waals surface area contributed by atoms with E-state index in [9.17, 15) is 4.79 Å². The number of nitrogens with zero attached hydrogens (tertiary/aromatic N) is 3. The van der Waals surface area contributed by atoms with Crippen LogP contribution in [0.5, 0.6) is 0 Å². The SMILES string of the molecule is C[C@@H]1CCN(C(=O)CC#N)CC1N(C)C1=CNNc2[nH]ccc21. The van der Waals surface area contributed by atoms with Gasteiger partial charge in [0.25, 0.3) is 0 Å². The number of fused-ring (bicyclic) bond motifs is 1. The predicted octanol–water partition coefficient (Wildman–Crippen LogP) is 1.33. The number of aromatic nitrogens is 1. The molecule has 3 heterocycles. The van der Waals surface area contributed by atoms with Crippen LogP contribution in [-0.2, 0) is 4.79 Å². The first-order valence-corrected chi connectivity index (χ1v) is 7.89. The van der Waals surface area contributed by atoms with Gasteiger partial charge >= 0.3 is 0 Å². The Labute approximate surface area is 135 Å². The van der Waals surface area contributed by atoms with E-state index in [4.69, 9.17) is 5.26 Å². The normalized spacial score (nSPS) is 23.0. The largest absolute Gasteiger partial charge is 0.368 e. The molecule has 0 aliphatic carbocycles. The predicted molar refractivity (Wildman–Crippen MR) is 87.7 cm³/mol. The molecular formula is C16H22N6O. The molecule has 0 aromatic carbocycles. The molecule has 3 N–H and O–H groups in total. The minimum absolute atomic E-state index is 0.0407. The Morgan fingerprint density at radius 1 is 1.57 bits per heavy atom. The first kappa shape index (κ1) is 15.3. The number of anilines is 1. The van der Waals surface area contributed by atoms with Crippen molar-refractivity contribution in [3.05, 3.63) is 24.0 Å². The summed E-state index contributed by atoms with van der Waals surface area (Å²) in [5.74, 6) is 1.34. The van der Waals surface area contributed by atoms with Crippen LogP contribution in [0.4, 0.5) is 5.82 Å². The molecule has 23 heavy (non-hydrogen) atoms. The molecule has 2 atom stereocenters. The van der Waals surface area contributed by atoms with Crippen molar-refractivity contribution in [3.8, 4) is 6.07 Å². The highest BCUT2D eigenvalue weighted by atomic mass is 16.2. The summed E-state index contributed by atoms with van der Waals surface area (Å²) < 4.78 is 0. The molecular weight excluding hydrogens is 292 g/mol. The Morgan fingerprint density at radius 2 is 2.39 bits per heavy atom. The summed E-state index contributed by atoms with van der Waals surface area (Å²) in [5, 5.41) is 8.75. The number of H-pyrrole nitrogens is 1. The number of piperidine rings is 1. The molecule has 1 unspecified atom stereocenters. The van der Waals surface area contributed by atoms with Crippen LogP contribution in [0.3, 0.4) is 0 Å². The maximum atomic E-state index is 12.0. The topological polar surface area (TPSA) is 87.2 Å². The van der Waals surface area contributed by atoms with Gasteiger partial charge in [0.1, 0.15) is 12.2 Å². The van der Waals surface area contributed by atoms with Gasteiger partial charge in [0, 0.05) is 44.1 Å². The number of hydrogen-bond acceptors (Lipinski definition) is 5. The lowest BCUT2D eigenvalue weighted by molar-refractivity contribution is -0.132. The minimum Gasteiger partial charge on any atom is -0.368 e. The maximum Gasteiger partial charge on any atom is 0.236 e. The van der Waals surface area contributed by atoms with E-state index >= 15 is 0 Å². The van der Waals surface area contributed by atoms with E-state index in [2.05, 4.69) is 34.7 Å². The Balaban J connectivity index is 1.78. The molecule has 122 valence electrons. The van der Waals surface area contributed by atoms with Crippen LogP contribution in [0.2, 0.25) is 0 Å². The van der Waals surface area contributed by atoms with E-state index in [0.29, 0.717) is 12.5 Å².